The molecule has 1 aromatic carbocycles. The number of hydrogen-bond donors (Lipinski definition) is 2. The molecular formula is C9H9N5O3S. The zero-order chi connectivity index (χ0) is 13.2. The van der Waals surface area contributed by atoms with E-state index in [-0.39, 0.29) is 16.4 Å². The van der Waals surface area contributed by atoms with Gasteiger partial charge in [0.25, 0.3) is 11.7 Å². The first-order valence-electron chi connectivity index (χ1n) is 4.82. The number of nitrogens with zero attached hydrogens (tertiary/aromatic N) is 3. The van der Waals surface area contributed by atoms with Gasteiger partial charge in [0, 0.05) is 6.26 Å². The smallest absolute Gasteiger partial charge is 0.297 e. The third-order valence-electron chi connectivity index (χ3n) is 2.08. The Kier molecular flexibility index (Phi) is 3.06. The van der Waals surface area contributed by atoms with Crippen LogP contribution in [0.4, 0.5) is 5.69 Å². The number of aromatic nitrogens is 4. The summed E-state index contributed by atoms with van der Waals surface area (Å²) in [5.74, 6) is -0.807. The van der Waals surface area contributed by atoms with E-state index in [9.17, 15) is 13.2 Å². The number of nitrogens with one attached hydrogen (secondary N) is 2. The number of hydrogen-bond acceptors (Lipinski definition) is 6. The molecule has 0 saturated carbocycles. The highest BCUT2D eigenvalue weighted by atomic mass is 32.2. The predicted octanol–water partition coefficient (Wildman–Crippen LogP) is -0.145. The van der Waals surface area contributed by atoms with Gasteiger partial charge in [0.1, 0.15) is 0 Å². The molecule has 0 spiro atoms. The number of rotatable bonds is 3. The van der Waals surface area contributed by atoms with Gasteiger partial charge in [-0.1, -0.05) is 12.1 Å². The number of carbonyl (C=O) groups excluding carboxylic acids is 1. The molecule has 0 aliphatic heterocycles. The number of anilines is 1. The fourth-order valence-corrected chi connectivity index (χ4v) is 2.17. The van der Waals surface area contributed by atoms with Crippen molar-refractivity contribution < 1.29 is 13.2 Å². The van der Waals surface area contributed by atoms with Gasteiger partial charge in [-0.05, 0) is 17.3 Å². The topological polar surface area (TPSA) is 118 Å². The lowest BCUT2D eigenvalue weighted by Crippen LogP contribution is -2.16. The Morgan fingerprint density at radius 2 is 2.06 bits per heavy atom. The summed E-state index contributed by atoms with van der Waals surface area (Å²) in [5, 5.41) is 14.8. The van der Waals surface area contributed by atoms with Crippen LogP contribution in [0.3, 0.4) is 0 Å². The van der Waals surface area contributed by atoms with E-state index in [1.165, 1.54) is 12.1 Å². The maximum absolute atomic E-state index is 11.7. The van der Waals surface area contributed by atoms with Crippen molar-refractivity contribution in [2.24, 2.45) is 0 Å². The second kappa shape index (κ2) is 4.53. The summed E-state index contributed by atoms with van der Waals surface area (Å²) in [6.07, 6.45) is 1.06. The van der Waals surface area contributed by atoms with Crippen LogP contribution in [0.1, 0.15) is 10.6 Å². The first kappa shape index (κ1) is 12.2. The third-order valence-corrected chi connectivity index (χ3v) is 3.24. The van der Waals surface area contributed by atoms with Gasteiger partial charge in [0.2, 0.25) is 0 Å². The molecule has 2 rings (SSSR count). The maximum Gasteiger partial charge on any atom is 0.297 e. The SMILES string of the molecule is CS(=O)(=O)c1ccccc1NC(=O)c1nn[nH]n1. The van der Waals surface area contributed by atoms with Crippen molar-refractivity contribution in [1.29, 1.82) is 0 Å². The van der Waals surface area contributed by atoms with E-state index in [0.29, 0.717) is 0 Å². The van der Waals surface area contributed by atoms with Crippen molar-refractivity contribution in [2.75, 3.05) is 11.6 Å². The first-order chi connectivity index (χ1) is 8.48. The molecule has 0 bridgehead atoms. The summed E-state index contributed by atoms with van der Waals surface area (Å²) in [6.45, 7) is 0. The minimum absolute atomic E-state index is 0.0295. The summed E-state index contributed by atoms with van der Waals surface area (Å²) >= 11 is 0. The van der Waals surface area contributed by atoms with Crippen LogP contribution >= 0.6 is 0 Å². The van der Waals surface area contributed by atoms with Crippen LogP contribution in [0, 0.1) is 0 Å². The van der Waals surface area contributed by atoms with Crippen molar-refractivity contribution in [3.63, 3.8) is 0 Å². The van der Waals surface area contributed by atoms with Crippen LogP contribution in [0.25, 0.3) is 0 Å². The number of H-pyrrole nitrogens is 1. The van der Waals surface area contributed by atoms with Gasteiger partial charge < -0.3 is 5.32 Å². The summed E-state index contributed by atoms with van der Waals surface area (Å²) < 4.78 is 23.0. The van der Waals surface area contributed by atoms with E-state index in [2.05, 4.69) is 25.9 Å². The molecule has 2 N–H and O–H groups in total. The molecule has 0 fully saturated rings. The monoisotopic (exact) mass is 267 g/mol. The van der Waals surface area contributed by atoms with Gasteiger partial charge in [-0.15, -0.1) is 10.2 Å². The third kappa shape index (κ3) is 2.51. The molecule has 8 nitrogen and oxygen atoms in total. The Hall–Kier alpha value is -2.29. The fraction of sp³-hybridized carbons (Fsp3) is 0.111. The number of amides is 1. The molecule has 18 heavy (non-hydrogen) atoms. The molecular weight excluding hydrogens is 258 g/mol. The number of para-hydroxylation sites is 1. The molecule has 0 unspecified atom stereocenters. The van der Waals surface area contributed by atoms with Crippen molar-refractivity contribution in [1.82, 2.24) is 20.6 Å². The molecule has 9 heteroatoms. The van der Waals surface area contributed by atoms with Gasteiger partial charge in [-0.25, -0.2) is 8.42 Å². The Morgan fingerprint density at radius 1 is 1.33 bits per heavy atom. The number of tetrazole rings is 1. The molecule has 1 aromatic heterocycles. The number of aromatic amines is 1. The highest BCUT2D eigenvalue weighted by molar-refractivity contribution is 7.90. The molecule has 2 aromatic rings. The van der Waals surface area contributed by atoms with Gasteiger partial charge in [-0.2, -0.15) is 5.21 Å². The Bertz CT molecular complexity index is 665. The molecule has 0 radical (unpaired) electrons. The highest BCUT2D eigenvalue weighted by Gasteiger charge is 2.17. The standard InChI is InChI=1S/C9H9N5O3S/c1-18(16,17)7-5-3-2-4-6(7)10-9(15)8-11-13-14-12-8/h2-5H,1H3,(H,10,15)(H,11,12,13,14). The Labute approximate surface area is 102 Å². The first-order valence-corrected chi connectivity index (χ1v) is 6.71. The van der Waals surface area contributed by atoms with Crippen LogP contribution in [0.5, 0.6) is 0 Å². The molecule has 0 atom stereocenters. The molecule has 0 aliphatic rings. The normalized spacial score (nSPS) is 11.2. The van der Waals surface area contributed by atoms with E-state index in [4.69, 9.17) is 0 Å². The second-order valence-corrected chi connectivity index (χ2v) is 5.44. The van der Waals surface area contributed by atoms with Crippen LogP contribution in [-0.4, -0.2) is 41.2 Å². The Balaban J connectivity index is 2.33. The summed E-state index contributed by atoms with van der Waals surface area (Å²) in [5.41, 5.74) is 0.176. The molecule has 0 aliphatic carbocycles. The van der Waals surface area contributed by atoms with Crippen molar-refractivity contribution in [3.8, 4) is 0 Å². The lowest BCUT2D eigenvalue weighted by atomic mass is 10.3. The minimum Gasteiger partial charge on any atom is -0.318 e. The largest absolute Gasteiger partial charge is 0.318 e. The van der Waals surface area contributed by atoms with E-state index in [1.54, 1.807) is 12.1 Å². The van der Waals surface area contributed by atoms with E-state index >= 15 is 0 Å². The lowest BCUT2D eigenvalue weighted by Gasteiger charge is -2.07. The number of sulfone groups is 1. The highest BCUT2D eigenvalue weighted by Crippen LogP contribution is 2.20. The van der Waals surface area contributed by atoms with Gasteiger partial charge in [-0.3, -0.25) is 4.79 Å². The predicted molar refractivity (Wildman–Crippen MR) is 61.7 cm³/mol. The lowest BCUT2D eigenvalue weighted by molar-refractivity contribution is 0.101. The van der Waals surface area contributed by atoms with Crippen LogP contribution in [0.2, 0.25) is 0 Å². The number of benzene rings is 1. The van der Waals surface area contributed by atoms with Gasteiger partial charge in [0.05, 0.1) is 10.6 Å². The maximum atomic E-state index is 11.7. The second-order valence-electron chi connectivity index (χ2n) is 3.46. The van der Waals surface area contributed by atoms with Crippen LogP contribution in [0.15, 0.2) is 29.2 Å². The molecule has 0 saturated heterocycles. The van der Waals surface area contributed by atoms with Crippen molar-refractivity contribution >= 4 is 21.4 Å². The van der Waals surface area contributed by atoms with E-state index < -0.39 is 15.7 Å². The zero-order valence-corrected chi connectivity index (χ0v) is 10.1. The van der Waals surface area contributed by atoms with Gasteiger partial charge >= 0.3 is 0 Å². The van der Waals surface area contributed by atoms with Gasteiger partial charge in [0.15, 0.2) is 9.84 Å². The molecule has 1 heterocycles. The summed E-state index contributed by atoms with van der Waals surface area (Å²) in [6, 6.07) is 6.07. The Morgan fingerprint density at radius 3 is 2.67 bits per heavy atom. The minimum atomic E-state index is -3.43. The zero-order valence-electron chi connectivity index (χ0n) is 9.28. The average Bonchev–Trinajstić information content (AvgIpc) is 2.81. The van der Waals surface area contributed by atoms with Crippen molar-refractivity contribution in [2.45, 2.75) is 4.90 Å². The summed E-state index contributed by atoms with van der Waals surface area (Å²) in [7, 11) is -3.43. The number of carbonyl (C=O) groups is 1. The summed E-state index contributed by atoms with van der Waals surface area (Å²) in [4.78, 5) is 11.7. The quantitative estimate of drug-likeness (QED) is 0.798. The van der Waals surface area contributed by atoms with Crippen LogP contribution in [-0.2, 0) is 9.84 Å². The molecule has 1 amide bonds. The van der Waals surface area contributed by atoms with E-state index in [0.717, 1.165) is 6.26 Å². The average molecular weight is 267 g/mol. The van der Waals surface area contributed by atoms with Crippen molar-refractivity contribution in [3.05, 3.63) is 30.1 Å². The van der Waals surface area contributed by atoms with E-state index in [1.807, 2.05) is 0 Å². The molecule has 94 valence electrons. The fourth-order valence-electron chi connectivity index (χ4n) is 1.33. The van der Waals surface area contributed by atoms with Crippen LogP contribution < -0.4 is 5.32 Å².